The minimum absolute atomic E-state index is 0.287. The molecular formula is C8H9N3. The quantitative estimate of drug-likeness (QED) is 0.433. The first-order chi connectivity index (χ1) is 5.11. The van der Waals surface area contributed by atoms with E-state index in [0.717, 1.165) is 0 Å². The van der Waals surface area contributed by atoms with E-state index in [4.69, 9.17) is 10.5 Å². The van der Waals surface area contributed by atoms with Crippen LogP contribution < -0.4 is 0 Å². The first kappa shape index (κ1) is 9.26. The van der Waals surface area contributed by atoms with Gasteiger partial charge in [-0.3, -0.25) is 0 Å². The summed E-state index contributed by atoms with van der Waals surface area (Å²) in [5, 5.41) is 16.9. The molecular weight excluding hydrogens is 138 g/mol. The minimum atomic E-state index is 0.287. The highest BCUT2D eigenvalue weighted by Crippen LogP contribution is 2.00. The Kier molecular flexibility index (Phi) is 3.48. The zero-order valence-electron chi connectivity index (χ0n) is 6.63. The van der Waals surface area contributed by atoms with Crippen molar-refractivity contribution in [2.75, 3.05) is 14.1 Å². The second-order valence-electron chi connectivity index (χ2n) is 2.17. The number of nitriles is 2. The van der Waals surface area contributed by atoms with Gasteiger partial charge in [-0.1, -0.05) is 6.58 Å². The van der Waals surface area contributed by atoms with Crippen molar-refractivity contribution >= 4 is 0 Å². The smallest absolute Gasteiger partial charge is 0.117 e. The fourth-order valence-corrected chi connectivity index (χ4v) is 0.459. The molecule has 0 atom stereocenters. The number of rotatable bonds is 2. The fraction of sp³-hybridized carbons (Fsp3) is 0.250. The van der Waals surface area contributed by atoms with Gasteiger partial charge < -0.3 is 4.90 Å². The molecule has 0 saturated carbocycles. The summed E-state index contributed by atoms with van der Waals surface area (Å²) in [6, 6.07) is 3.78. The van der Waals surface area contributed by atoms with E-state index in [0.29, 0.717) is 5.70 Å². The molecule has 0 amide bonds. The van der Waals surface area contributed by atoms with Crippen LogP contribution in [0.15, 0.2) is 23.9 Å². The molecule has 3 heteroatoms. The van der Waals surface area contributed by atoms with Crippen molar-refractivity contribution in [3.8, 4) is 12.1 Å². The molecule has 0 saturated heterocycles. The molecule has 0 unspecified atom stereocenters. The van der Waals surface area contributed by atoms with E-state index in [1.54, 1.807) is 19.0 Å². The van der Waals surface area contributed by atoms with Crippen molar-refractivity contribution in [2.45, 2.75) is 0 Å². The van der Waals surface area contributed by atoms with Crippen LogP contribution in [0.3, 0.4) is 0 Å². The average molecular weight is 147 g/mol. The third-order valence-corrected chi connectivity index (χ3v) is 1.05. The molecule has 3 nitrogen and oxygen atoms in total. The van der Waals surface area contributed by atoms with E-state index in [1.165, 1.54) is 6.08 Å². The summed E-state index contributed by atoms with van der Waals surface area (Å²) in [4.78, 5) is 1.63. The Hall–Kier alpha value is -1.74. The SMILES string of the molecule is C=C(C#N)C=C(C#N)N(C)C. The highest BCUT2D eigenvalue weighted by molar-refractivity contribution is 5.36. The number of hydrogen-bond acceptors (Lipinski definition) is 3. The molecule has 0 heterocycles. The molecule has 0 rings (SSSR count). The van der Waals surface area contributed by atoms with Gasteiger partial charge in [0.05, 0.1) is 6.07 Å². The molecule has 0 aliphatic rings. The van der Waals surface area contributed by atoms with Gasteiger partial charge >= 0.3 is 0 Å². The summed E-state index contributed by atoms with van der Waals surface area (Å²) < 4.78 is 0. The lowest BCUT2D eigenvalue weighted by molar-refractivity contribution is 0.533. The molecule has 0 radical (unpaired) electrons. The summed E-state index contributed by atoms with van der Waals surface area (Å²) in [6.45, 7) is 3.43. The second kappa shape index (κ2) is 4.14. The molecule has 0 fully saturated rings. The Morgan fingerprint density at radius 3 is 2.18 bits per heavy atom. The topological polar surface area (TPSA) is 50.8 Å². The first-order valence-corrected chi connectivity index (χ1v) is 3.00. The van der Waals surface area contributed by atoms with Crippen molar-refractivity contribution < 1.29 is 0 Å². The lowest BCUT2D eigenvalue weighted by atomic mass is 10.2. The van der Waals surface area contributed by atoms with Crippen molar-refractivity contribution in [1.82, 2.24) is 4.90 Å². The second-order valence-corrected chi connectivity index (χ2v) is 2.17. The third-order valence-electron chi connectivity index (χ3n) is 1.05. The lowest BCUT2D eigenvalue weighted by Crippen LogP contribution is -2.09. The summed E-state index contributed by atoms with van der Waals surface area (Å²) in [5.74, 6) is 0. The standard InChI is InChI=1S/C8H9N3/c1-7(5-9)4-8(6-10)11(2)3/h4H,1H2,2-3H3. The normalized spacial score (nSPS) is 9.64. The number of nitrogens with zero attached hydrogens (tertiary/aromatic N) is 3. The van der Waals surface area contributed by atoms with Gasteiger partial charge in [0.1, 0.15) is 11.8 Å². The van der Waals surface area contributed by atoms with Gasteiger partial charge in [-0.05, 0) is 6.08 Å². The van der Waals surface area contributed by atoms with Gasteiger partial charge in [0.15, 0.2) is 0 Å². The predicted molar refractivity (Wildman–Crippen MR) is 42.1 cm³/mol. The van der Waals surface area contributed by atoms with E-state index >= 15 is 0 Å². The van der Waals surface area contributed by atoms with Gasteiger partial charge in [-0.15, -0.1) is 0 Å². The molecule has 0 aromatic heterocycles. The highest BCUT2D eigenvalue weighted by Gasteiger charge is 1.96. The van der Waals surface area contributed by atoms with Gasteiger partial charge in [0.2, 0.25) is 0 Å². The Labute approximate surface area is 66.5 Å². The van der Waals surface area contributed by atoms with Crippen LogP contribution in [0.4, 0.5) is 0 Å². The van der Waals surface area contributed by atoms with E-state index < -0.39 is 0 Å². The zero-order valence-corrected chi connectivity index (χ0v) is 6.63. The third kappa shape index (κ3) is 3.07. The summed E-state index contributed by atoms with van der Waals surface area (Å²) in [7, 11) is 3.47. The molecule has 0 bridgehead atoms. The van der Waals surface area contributed by atoms with Crippen LogP contribution in [-0.2, 0) is 0 Å². The van der Waals surface area contributed by atoms with Gasteiger partial charge in [0.25, 0.3) is 0 Å². The molecule has 0 spiro atoms. The molecule has 0 aliphatic heterocycles. The van der Waals surface area contributed by atoms with E-state index in [9.17, 15) is 0 Å². The van der Waals surface area contributed by atoms with Crippen LogP contribution in [0.25, 0.3) is 0 Å². The maximum atomic E-state index is 8.53. The molecule has 56 valence electrons. The van der Waals surface area contributed by atoms with E-state index in [2.05, 4.69) is 6.58 Å². The molecule has 11 heavy (non-hydrogen) atoms. The maximum absolute atomic E-state index is 8.53. The molecule has 0 aromatic rings. The van der Waals surface area contributed by atoms with Crippen LogP contribution in [0.1, 0.15) is 0 Å². The Balaban J connectivity index is 4.56. The average Bonchev–Trinajstić information content (AvgIpc) is 1.99. The van der Waals surface area contributed by atoms with Gasteiger partial charge in [-0.2, -0.15) is 10.5 Å². The van der Waals surface area contributed by atoms with Crippen molar-refractivity contribution in [3.63, 3.8) is 0 Å². The van der Waals surface area contributed by atoms with Crippen LogP contribution in [0.5, 0.6) is 0 Å². The molecule has 0 aromatic carbocycles. The van der Waals surface area contributed by atoms with Crippen LogP contribution >= 0.6 is 0 Å². The fourth-order valence-electron chi connectivity index (χ4n) is 0.459. The lowest BCUT2D eigenvalue weighted by Gasteiger charge is -2.08. The largest absolute Gasteiger partial charge is 0.369 e. The summed E-state index contributed by atoms with van der Waals surface area (Å²) >= 11 is 0. The van der Waals surface area contributed by atoms with E-state index in [1.807, 2.05) is 12.1 Å². The molecule has 0 aliphatic carbocycles. The minimum Gasteiger partial charge on any atom is -0.369 e. The van der Waals surface area contributed by atoms with E-state index in [-0.39, 0.29) is 5.57 Å². The zero-order chi connectivity index (χ0) is 8.85. The van der Waals surface area contributed by atoms with Crippen molar-refractivity contribution in [2.24, 2.45) is 0 Å². The Morgan fingerprint density at radius 1 is 1.36 bits per heavy atom. The van der Waals surface area contributed by atoms with Crippen molar-refractivity contribution in [1.29, 1.82) is 10.5 Å². The summed E-state index contributed by atoms with van der Waals surface area (Å²) in [6.07, 6.45) is 1.44. The van der Waals surface area contributed by atoms with Crippen LogP contribution in [0.2, 0.25) is 0 Å². The Morgan fingerprint density at radius 2 is 1.91 bits per heavy atom. The predicted octanol–water partition coefficient (Wildman–Crippen LogP) is 1.04. The first-order valence-electron chi connectivity index (χ1n) is 3.00. The summed E-state index contributed by atoms with van der Waals surface area (Å²) in [5.41, 5.74) is 0.715. The van der Waals surface area contributed by atoms with Crippen molar-refractivity contribution in [3.05, 3.63) is 23.9 Å². The Bertz CT molecular complexity index is 260. The monoisotopic (exact) mass is 147 g/mol. The molecule has 0 N–H and O–H groups in total. The van der Waals surface area contributed by atoms with Crippen LogP contribution in [-0.4, -0.2) is 19.0 Å². The van der Waals surface area contributed by atoms with Gasteiger partial charge in [0, 0.05) is 19.7 Å². The maximum Gasteiger partial charge on any atom is 0.117 e. The van der Waals surface area contributed by atoms with Crippen LogP contribution in [0, 0.1) is 22.7 Å². The number of hydrogen-bond donors (Lipinski definition) is 0. The number of allylic oxidation sites excluding steroid dienone is 3. The highest BCUT2D eigenvalue weighted by atomic mass is 15.1. The van der Waals surface area contributed by atoms with Gasteiger partial charge in [-0.25, -0.2) is 0 Å².